The van der Waals surface area contributed by atoms with Crippen molar-refractivity contribution in [2.24, 2.45) is 0 Å². The lowest BCUT2D eigenvalue weighted by atomic mass is 10.1. The molecule has 0 fully saturated rings. The largest absolute Gasteiger partial charge is 0.474 e. The summed E-state index contributed by atoms with van der Waals surface area (Å²) in [4.78, 5) is 68.6. The van der Waals surface area contributed by atoms with E-state index in [1.807, 2.05) is 0 Å². The molecule has 0 aliphatic rings. The Labute approximate surface area is 568 Å². The lowest BCUT2D eigenvalue weighted by molar-refractivity contribution is -0.139. The molecule has 0 saturated carbocycles. The van der Waals surface area contributed by atoms with E-state index in [-0.39, 0.29) is 55.5 Å². The highest BCUT2D eigenvalue weighted by molar-refractivity contribution is 7.48. The van der Waals surface area contributed by atoms with Gasteiger partial charge in [-0.05, 0) is 137 Å². The molecular weight excluding hydrogens is 1240 g/mol. The fourth-order valence-corrected chi connectivity index (χ4v) is 11.3. The van der Waals surface area contributed by atoms with Gasteiger partial charge in [-0.2, -0.15) is 0 Å². The van der Waals surface area contributed by atoms with Crippen LogP contribution in [0.25, 0.3) is 0 Å². The van der Waals surface area contributed by atoms with Gasteiger partial charge in [-0.1, -0.05) is 187 Å². The zero-order chi connectivity index (χ0) is 70.4. The van der Waals surface area contributed by atoms with E-state index in [0.29, 0.717) is 106 Å². The van der Waals surface area contributed by atoms with Gasteiger partial charge in [0, 0.05) is 34.3 Å². The van der Waals surface area contributed by atoms with Crippen molar-refractivity contribution < 1.29 is 88.7 Å². The average Bonchev–Trinajstić information content (AvgIpc) is 2.13. The molecule has 0 N–H and O–H groups in total. The third-order valence-corrected chi connectivity index (χ3v) is 17.6. The van der Waals surface area contributed by atoms with Crippen LogP contribution in [-0.2, 0) is 88.7 Å². The minimum Gasteiger partial charge on any atom is -0.462 e. The van der Waals surface area contributed by atoms with Gasteiger partial charge in [0.05, 0.1) is 72.7 Å². The van der Waals surface area contributed by atoms with E-state index >= 15 is 0 Å². The summed E-state index contributed by atoms with van der Waals surface area (Å²) in [6, 6.07) is 0. The predicted octanol–water partition coefficient (Wildman–Crippen LogP) is 19.9. The van der Waals surface area contributed by atoms with E-state index < -0.39 is 15.6 Å². The van der Waals surface area contributed by atoms with Crippen molar-refractivity contribution >= 4 is 51.3 Å². The second-order valence-electron chi connectivity index (χ2n) is 24.5. The molecule has 0 aliphatic heterocycles. The summed E-state index contributed by atoms with van der Waals surface area (Å²) >= 11 is 0. The summed E-state index contributed by atoms with van der Waals surface area (Å²) in [6.07, 6.45) is 35.6. The van der Waals surface area contributed by atoms with E-state index in [0.717, 1.165) is 225 Å². The van der Waals surface area contributed by atoms with Gasteiger partial charge < -0.3 is 23.7 Å². The van der Waals surface area contributed by atoms with Gasteiger partial charge in [0.15, 0.2) is 5.78 Å². The highest BCUT2D eigenvalue weighted by atomic mass is 31.2. The quantitative estimate of drug-likeness (QED) is 0.0181. The second kappa shape index (κ2) is 63.4. The van der Waals surface area contributed by atoms with Crippen LogP contribution in [0, 0.1) is 0 Å². The van der Waals surface area contributed by atoms with Crippen molar-refractivity contribution in [2.45, 2.75) is 286 Å². The number of phosphoric acid groups is 2. The third kappa shape index (κ3) is 61.3. The number of phosphoric ester groups is 2. The Morgan fingerprint density at radius 1 is 0.213 bits per heavy atom. The molecule has 544 valence electrons. The van der Waals surface area contributed by atoms with E-state index in [1.165, 1.54) is 0 Å². The Balaban J connectivity index is 0. The van der Waals surface area contributed by atoms with Crippen molar-refractivity contribution in [1.82, 2.24) is 0 Å². The number of allylic oxidation sites excluding steroid dienone is 1. The first-order valence-corrected chi connectivity index (χ1v) is 38.3. The molecule has 0 spiro atoms. The Kier molecular flexibility index (Phi) is 61.9. The normalized spacial score (nSPS) is 11.3. The van der Waals surface area contributed by atoms with Crippen molar-refractivity contribution in [3.63, 3.8) is 0 Å². The number of esters is 5. The van der Waals surface area contributed by atoms with Crippen LogP contribution in [0.15, 0.2) is 72.9 Å². The Hall–Kier alpha value is -4.32. The molecule has 0 atom stereocenters. The number of rotatable bonds is 67. The Morgan fingerprint density at radius 3 is 0.500 bits per heavy atom. The zero-order valence-corrected chi connectivity index (χ0v) is 61.3. The zero-order valence-electron chi connectivity index (χ0n) is 59.5. The first-order valence-electron chi connectivity index (χ1n) is 35.4. The number of unbranched alkanes of at least 4 members (excludes halogenated alkanes) is 31. The Bertz CT molecular complexity index is 1990. The molecule has 0 amide bonds. The third-order valence-electron chi connectivity index (χ3n) is 14.6. The molecule has 0 aromatic carbocycles. The molecule has 0 rings (SSSR count). The van der Waals surface area contributed by atoms with Gasteiger partial charge in [0.2, 0.25) is 0 Å². The molecule has 0 unspecified atom stereocenters. The van der Waals surface area contributed by atoms with Crippen LogP contribution in [-0.4, -0.2) is 108 Å². The minimum absolute atomic E-state index is 0.112. The van der Waals surface area contributed by atoms with Gasteiger partial charge in [-0.25, -0.2) is 33.1 Å². The van der Waals surface area contributed by atoms with Crippen LogP contribution < -0.4 is 0 Å². The molecule has 0 saturated heterocycles. The van der Waals surface area contributed by atoms with Gasteiger partial charge in [0.1, 0.15) is 0 Å². The van der Waals surface area contributed by atoms with Gasteiger partial charge in [0.25, 0.3) is 0 Å². The number of ether oxygens (including phenoxy) is 5. The summed E-state index contributed by atoms with van der Waals surface area (Å²) in [5.74, 6) is -1.61. The Morgan fingerprint density at radius 2 is 0.351 bits per heavy atom. The van der Waals surface area contributed by atoms with Crippen molar-refractivity contribution in [3.05, 3.63) is 72.9 Å². The lowest BCUT2D eigenvalue weighted by Gasteiger charge is -2.18. The molecule has 0 bridgehead atoms. The van der Waals surface area contributed by atoms with Crippen LogP contribution in [0.5, 0.6) is 0 Å². The average molecular weight is 1370 g/mol. The maximum absolute atomic E-state index is 13.5. The maximum atomic E-state index is 13.5. The molecule has 0 heterocycles. The second-order valence-corrected chi connectivity index (χ2v) is 27.8. The smallest absolute Gasteiger partial charge is 0.462 e. The molecule has 94 heavy (non-hydrogen) atoms. The molecule has 19 nitrogen and oxygen atoms in total. The summed E-state index contributed by atoms with van der Waals surface area (Å²) in [6.45, 7) is 35.3. The monoisotopic (exact) mass is 1370 g/mol. The molecule has 0 radical (unpaired) electrons. The van der Waals surface area contributed by atoms with Crippen LogP contribution in [0.3, 0.4) is 0 Å². The molecule has 0 aromatic heterocycles. The number of carbonyl (C=O) groups excluding carboxylic acids is 6. The number of Topliss-reactive ketones (excluding diaryl/α,β-unsaturated/α-hetero) is 1. The van der Waals surface area contributed by atoms with Crippen LogP contribution >= 0.6 is 15.6 Å². The van der Waals surface area contributed by atoms with E-state index in [1.54, 1.807) is 41.5 Å². The summed E-state index contributed by atoms with van der Waals surface area (Å²) in [5, 5.41) is 0. The predicted molar refractivity (Wildman–Crippen MR) is 375 cm³/mol. The number of hydrogen-bond acceptors (Lipinski definition) is 19. The number of carbonyl (C=O) groups is 6. The van der Waals surface area contributed by atoms with Crippen LogP contribution in [0.1, 0.15) is 286 Å². The molecule has 0 aromatic rings. The van der Waals surface area contributed by atoms with E-state index in [2.05, 4.69) is 39.5 Å². The van der Waals surface area contributed by atoms with Gasteiger partial charge in [-0.15, -0.1) is 0 Å². The number of hydrogen-bond donors (Lipinski definition) is 0. The van der Waals surface area contributed by atoms with Gasteiger partial charge in [-0.3, -0.25) is 31.9 Å². The highest BCUT2D eigenvalue weighted by Gasteiger charge is 2.27. The van der Waals surface area contributed by atoms with Crippen molar-refractivity contribution in [2.75, 3.05) is 72.7 Å². The number of ketones is 1. The first kappa shape index (κ1) is 91.7. The minimum atomic E-state index is -3.69. The summed E-state index contributed by atoms with van der Waals surface area (Å²) in [7, 11) is -7.30. The molecule has 21 heteroatoms. The fraction of sp³-hybridized carbons (Fsp3) is 0.753. The van der Waals surface area contributed by atoms with Crippen LogP contribution in [0.4, 0.5) is 0 Å². The molecule has 0 aliphatic carbocycles. The maximum Gasteiger partial charge on any atom is 0.474 e. The fourth-order valence-electron chi connectivity index (χ4n) is 8.76. The van der Waals surface area contributed by atoms with Crippen molar-refractivity contribution in [3.8, 4) is 0 Å². The topological polar surface area (TPSA) is 238 Å². The SMILES string of the molecule is C=C(C)C(=O)CCCCCCCOP(=O)(OCCCCCCOC(=O)C(=C)C)OCCCCCCOC(=O)C(=C)C.C=C(C)C(=O)OCCCCCCCCCCOP(=O)(OCCCCCCCCCCOC(=O)C(=C)C)OCCCCCCCCCCOC(=O)C(=C)C. The first-order chi connectivity index (χ1) is 45.0. The summed E-state index contributed by atoms with van der Waals surface area (Å²) < 4.78 is 86.3. The lowest BCUT2D eigenvalue weighted by Crippen LogP contribution is -2.07. The standard InChI is InChI=1S/C42H75O10P.C31H53O9P/c1-37(2)40(43)47-31-25-19-13-7-10-16-22-28-34-50-53(46,51-35-29-23-17-11-8-14-20-26-32-48-41(44)38(3)4)52-36-30-24-18-12-9-15-21-27-33-49-42(45)39(5)6;1-26(2)29(32)20-14-8-7-9-17-23-38-41(35,39-24-18-12-10-15-21-36-30(33)27(3)4)40-25-19-13-11-16-22-37-31(34)28(5)6/h1,3,5,7-36H2,2,4,6H3;1,3,5,7-25H2,2,4,6H3. The van der Waals surface area contributed by atoms with E-state index in [4.69, 9.17) is 50.8 Å². The van der Waals surface area contributed by atoms with Crippen LogP contribution in [0.2, 0.25) is 0 Å². The van der Waals surface area contributed by atoms with Gasteiger partial charge >= 0.3 is 45.5 Å². The van der Waals surface area contributed by atoms with Crippen molar-refractivity contribution in [1.29, 1.82) is 0 Å². The highest BCUT2D eigenvalue weighted by Crippen LogP contribution is 2.51. The molecular formula is C73H128O19P2. The van der Waals surface area contributed by atoms with E-state index in [9.17, 15) is 37.9 Å². The summed E-state index contributed by atoms with van der Waals surface area (Å²) in [5.41, 5.74) is 2.67.